The first-order valence-corrected chi connectivity index (χ1v) is 16.2. The summed E-state index contributed by atoms with van der Waals surface area (Å²) in [7, 11) is 0. The molecule has 6 aromatic carbocycles. The largest absolute Gasteiger partial charge is 0.311 e. The van der Waals surface area contributed by atoms with E-state index < -0.39 is 0 Å². The fourth-order valence-corrected chi connectivity index (χ4v) is 6.23. The Morgan fingerprint density at radius 1 is 0.327 bits per heavy atom. The highest BCUT2D eigenvalue weighted by atomic mass is 15.1. The summed E-state index contributed by atoms with van der Waals surface area (Å²) >= 11 is 0. The lowest BCUT2D eigenvalue weighted by molar-refractivity contribution is 1.26. The molecular formula is C43H28N6. The van der Waals surface area contributed by atoms with Crippen LogP contribution in [0.4, 0.5) is 17.1 Å². The van der Waals surface area contributed by atoms with Crippen molar-refractivity contribution in [3.63, 3.8) is 0 Å². The molecule has 6 nitrogen and oxygen atoms in total. The molecule has 0 atom stereocenters. The summed E-state index contributed by atoms with van der Waals surface area (Å²) < 4.78 is 0. The first-order valence-electron chi connectivity index (χ1n) is 16.2. The molecule has 0 aliphatic heterocycles. The van der Waals surface area contributed by atoms with E-state index in [1.54, 1.807) is 0 Å². The van der Waals surface area contributed by atoms with E-state index in [0.29, 0.717) is 0 Å². The number of aromatic nitrogens is 5. The van der Waals surface area contributed by atoms with Gasteiger partial charge in [0.05, 0.1) is 51.4 Å². The normalized spacial score (nSPS) is 11.3. The Balaban J connectivity index is 1.09. The number of pyridine rings is 1. The molecule has 0 fully saturated rings. The number of nitrogens with zero attached hydrogens (tertiary/aromatic N) is 6. The molecule has 0 aliphatic rings. The smallest absolute Gasteiger partial charge is 0.0894 e. The van der Waals surface area contributed by atoms with Gasteiger partial charge in [0.2, 0.25) is 0 Å². The highest BCUT2D eigenvalue weighted by Crippen LogP contribution is 2.37. The molecule has 0 saturated carbocycles. The minimum atomic E-state index is 0.839. The molecule has 0 spiro atoms. The Kier molecular flexibility index (Phi) is 7.02. The molecule has 0 unspecified atom stereocenters. The second-order valence-electron chi connectivity index (χ2n) is 11.9. The molecule has 3 heterocycles. The summed E-state index contributed by atoms with van der Waals surface area (Å²) in [5.74, 6) is 0. The van der Waals surface area contributed by atoms with Crippen molar-refractivity contribution in [2.75, 3.05) is 4.90 Å². The second kappa shape index (κ2) is 12.1. The fourth-order valence-electron chi connectivity index (χ4n) is 6.23. The van der Waals surface area contributed by atoms with Crippen LogP contribution in [0.2, 0.25) is 0 Å². The Morgan fingerprint density at radius 2 is 0.735 bits per heavy atom. The lowest BCUT2D eigenvalue weighted by atomic mass is 10.0. The maximum absolute atomic E-state index is 4.86. The Labute approximate surface area is 283 Å². The molecule has 0 amide bonds. The van der Waals surface area contributed by atoms with Gasteiger partial charge in [0.15, 0.2) is 0 Å². The molecule has 0 aliphatic carbocycles. The van der Waals surface area contributed by atoms with E-state index in [-0.39, 0.29) is 0 Å². The zero-order valence-corrected chi connectivity index (χ0v) is 26.3. The summed E-state index contributed by atoms with van der Waals surface area (Å²) in [5.41, 5.74) is 13.5. The van der Waals surface area contributed by atoms with E-state index in [9.17, 15) is 0 Å². The average Bonchev–Trinajstić information content (AvgIpc) is 3.18. The van der Waals surface area contributed by atoms with Crippen molar-refractivity contribution in [3.8, 4) is 33.6 Å². The zero-order chi connectivity index (χ0) is 32.6. The van der Waals surface area contributed by atoms with Crippen molar-refractivity contribution in [3.05, 3.63) is 170 Å². The van der Waals surface area contributed by atoms with Crippen molar-refractivity contribution < 1.29 is 0 Å². The second-order valence-corrected chi connectivity index (χ2v) is 11.9. The molecule has 9 rings (SSSR count). The quantitative estimate of drug-likeness (QED) is 0.183. The summed E-state index contributed by atoms with van der Waals surface area (Å²) in [5, 5.41) is 1.12. The lowest BCUT2D eigenvalue weighted by Crippen LogP contribution is -2.09. The first-order chi connectivity index (χ1) is 24.2. The van der Waals surface area contributed by atoms with Crippen LogP contribution in [0, 0.1) is 0 Å². The monoisotopic (exact) mass is 628 g/mol. The molecule has 230 valence electrons. The van der Waals surface area contributed by atoms with Crippen molar-refractivity contribution in [1.82, 2.24) is 24.9 Å². The number of hydrogen-bond acceptors (Lipinski definition) is 6. The van der Waals surface area contributed by atoms with E-state index in [1.165, 1.54) is 0 Å². The summed E-state index contributed by atoms with van der Waals surface area (Å²) in [4.78, 5) is 25.9. The minimum Gasteiger partial charge on any atom is -0.311 e. The minimum absolute atomic E-state index is 0.839. The van der Waals surface area contributed by atoms with Gasteiger partial charge in [-0.15, -0.1) is 0 Å². The Morgan fingerprint density at radius 3 is 1.24 bits per heavy atom. The highest BCUT2D eigenvalue weighted by molar-refractivity contribution is 5.85. The SMILES string of the molecule is c1ccc2ncc(-c3ccc(N(c4ccc(-c5cnc6ccccc6n5)cc4)c4ccc(-c5cnc6ccccc6n5)cc4)cc3)cc2c1. The molecule has 0 radical (unpaired) electrons. The molecule has 49 heavy (non-hydrogen) atoms. The third kappa shape index (κ3) is 5.51. The van der Waals surface area contributed by atoms with Gasteiger partial charge in [0.1, 0.15) is 0 Å². The number of para-hydroxylation sites is 5. The van der Waals surface area contributed by atoms with Gasteiger partial charge in [-0.2, -0.15) is 0 Å². The molecular weight excluding hydrogens is 601 g/mol. The predicted molar refractivity (Wildman–Crippen MR) is 199 cm³/mol. The summed E-state index contributed by atoms with van der Waals surface area (Å²) in [6.45, 7) is 0. The predicted octanol–water partition coefficient (Wildman–Crippen LogP) is 10.6. The van der Waals surface area contributed by atoms with Gasteiger partial charge in [0, 0.05) is 45.3 Å². The van der Waals surface area contributed by atoms with Gasteiger partial charge in [-0.1, -0.05) is 78.9 Å². The van der Waals surface area contributed by atoms with Gasteiger partial charge < -0.3 is 4.90 Å². The maximum Gasteiger partial charge on any atom is 0.0894 e. The first kappa shape index (κ1) is 28.4. The third-order valence-electron chi connectivity index (χ3n) is 8.79. The van der Waals surface area contributed by atoms with E-state index in [4.69, 9.17) is 9.97 Å². The van der Waals surface area contributed by atoms with Crippen LogP contribution in [-0.2, 0) is 0 Å². The molecule has 3 aromatic heterocycles. The van der Waals surface area contributed by atoms with E-state index >= 15 is 0 Å². The third-order valence-corrected chi connectivity index (χ3v) is 8.79. The molecule has 0 bridgehead atoms. The number of rotatable bonds is 6. The number of anilines is 3. The van der Waals surface area contributed by atoms with Crippen molar-refractivity contribution in [2.24, 2.45) is 0 Å². The standard InChI is InChI=1S/C43H28N6/c1-2-8-37-32(7-1)25-33(26-44-37)29-13-19-34(20-14-29)49(35-21-15-30(16-22-35)42-27-45-38-9-3-5-11-40(38)47-42)36-23-17-31(18-24-36)43-28-46-39-10-4-6-12-41(39)48-43/h1-28H. The lowest BCUT2D eigenvalue weighted by Gasteiger charge is -2.26. The van der Waals surface area contributed by atoms with Gasteiger partial charge in [0.25, 0.3) is 0 Å². The van der Waals surface area contributed by atoms with Gasteiger partial charge in [-0.05, 0) is 78.4 Å². The van der Waals surface area contributed by atoms with Crippen LogP contribution in [-0.4, -0.2) is 24.9 Å². The van der Waals surface area contributed by atoms with Gasteiger partial charge >= 0.3 is 0 Å². The van der Waals surface area contributed by atoms with E-state index in [2.05, 4.69) is 105 Å². The number of benzene rings is 6. The van der Waals surface area contributed by atoms with Gasteiger partial charge in [-0.25, -0.2) is 9.97 Å². The van der Waals surface area contributed by atoms with Crippen LogP contribution in [0.5, 0.6) is 0 Å². The summed E-state index contributed by atoms with van der Waals surface area (Å²) in [6.07, 6.45) is 5.62. The van der Waals surface area contributed by atoms with Crippen molar-refractivity contribution >= 4 is 50.0 Å². The van der Waals surface area contributed by atoms with E-state index in [1.807, 2.05) is 85.3 Å². The number of fused-ring (bicyclic) bond motifs is 3. The molecule has 6 heteroatoms. The van der Waals surface area contributed by atoms with Crippen LogP contribution >= 0.6 is 0 Å². The van der Waals surface area contributed by atoms with Crippen LogP contribution in [0.25, 0.3) is 66.6 Å². The van der Waals surface area contributed by atoms with Crippen molar-refractivity contribution in [2.45, 2.75) is 0 Å². The van der Waals surface area contributed by atoms with E-state index in [0.717, 1.165) is 83.7 Å². The highest BCUT2D eigenvalue weighted by Gasteiger charge is 2.15. The molecule has 9 aromatic rings. The molecule has 0 saturated heterocycles. The van der Waals surface area contributed by atoms with Crippen LogP contribution in [0.15, 0.2) is 170 Å². The average molecular weight is 629 g/mol. The Bertz CT molecular complexity index is 2310. The topological polar surface area (TPSA) is 67.7 Å². The van der Waals surface area contributed by atoms with Gasteiger partial charge in [-0.3, -0.25) is 15.0 Å². The maximum atomic E-state index is 4.86. The summed E-state index contributed by atoms with van der Waals surface area (Å²) in [6, 6.07) is 51.9. The van der Waals surface area contributed by atoms with Crippen molar-refractivity contribution in [1.29, 1.82) is 0 Å². The zero-order valence-electron chi connectivity index (χ0n) is 26.3. The fraction of sp³-hybridized carbons (Fsp3) is 0. The van der Waals surface area contributed by atoms with Crippen LogP contribution in [0.3, 0.4) is 0 Å². The Hall–Kier alpha value is -6.79. The van der Waals surface area contributed by atoms with Crippen LogP contribution in [0.1, 0.15) is 0 Å². The van der Waals surface area contributed by atoms with Crippen LogP contribution < -0.4 is 4.90 Å². The molecule has 0 N–H and O–H groups in total. The number of hydrogen-bond donors (Lipinski definition) is 0.